The Bertz CT molecular complexity index is 2700. The Morgan fingerprint density at radius 3 is 1.62 bits per heavy atom. The van der Waals surface area contributed by atoms with Crippen molar-refractivity contribution >= 4 is 43.1 Å². The van der Waals surface area contributed by atoms with Crippen LogP contribution in [0.4, 0.5) is 0 Å². The van der Waals surface area contributed by atoms with Gasteiger partial charge in [0.15, 0.2) is 17.5 Å². The molecule has 0 spiro atoms. The summed E-state index contributed by atoms with van der Waals surface area (Å²) in [5.41, 5.74) is 5.06. The number of hydrogen-bond acceptors (Lipinski definition) is 4. The summed E-state index contributed by atoms with van der Waals surface area (Å²) in [6.07, 6.45) is 0. The quantitative estimate of drug-likeness (QED) is 0.189. The first-order valence-corrected chi connectivity index (χ1v) is 15.8. The molecule has 8 aromatic carbocycles. The monoisotopic (exact) mass is 599 g/mol. The first-order chi connectivity index (χ1) is 23.3. The minimum atomic E-state index is 0.575. The Hall–Kier alpha value is -6.39. The zero-order chi connectivity index (χ0) is 30.9. The van der Waals surface area contributed by atoms with Gasteiger partial charge >= 0.3 is 0 Å². The molecule has 0 amide bonds. The highest BCUT2D eigenvalue weighted by Gasteiger charge is 2.25. The van der Waals surface area contributed by atoms with Crippen LogP contribution in [-0.2, 0) is 0 Å². The molecule has 0 atom stereocenters. The van der Waals surface area contributed by atoms with E-state index < -0.39 is 0 Å². The van der Waals surface area contributed by atoms with Crippen LogP contribution in [0.15, 0.2) is 152 Å². The molecular formula is C43H25N3O. The largest absolute Gasteiger partial charge is 0.455 e. The summed E-state index contributed by atoms with van der Waals surface area (Å²) in [6.45, 7) is 0. The maximum Gasteiger partial charge on any atom is 0.167 e. The van der Waals surface area contributed by atoms with Crippen molar-refractivity contribution in [2.24, 2.45) is 0 Å². The van der Waals surface area contributed by atoms with Gasteiger partial charge < -0.3 is 4.74 Å². The third-order valence-electron chi connectivity index (χ3n) is 9.29. The fourth-order valence-corrected chi connectivity index (χ4v) is 7.12. The Labute approximate surface area is 270 Å². The van der Waals surface area contributed by atoms with Crippen molar-refractivity contribution in [3.63, 3.8) is 0 Å². The molecule has 1 aliphatic rings. The predicted molar refractivity (Wildman–Crippen MR) is 192 cm³/mol. The van der Waals surface area contributed by atoms with Crippen LogP contribution in [0, 0.1) is 0 Å². The van der Waals surface area contributed by atoms with Gasteiger partial charge in [-0.25, -0.2) is 15.0 Å². The van der Waals surface area contributed by atoms with Crippen molar-refractivity contribution < 1.29 is 4.74 Å². The average Bonchev–Trinajstić information content (AvgIpc) is 3.15. The number of hydrogen-bond donors (Lipinski definition) is 0. The minimum Gasteiger partial charge on any atom is -0.455 e. The highest BCUT2D eigenvalue weighted by molar-refractivity contribution is 6.26. The van der Waals surface area contributed by atoms with Crippen LogP contribution < -0.4 is 4.74 Å². The maximum atomic E-state index is 6.80. The Morgan fingerprint density at radius 2 is 0.872 bits per heavy atom. The number of nitrogens with zero attached hydrogens (tertiary/aromatic N) is 3. The summed E-state index contributed by atoms with van der Waals surface area (Å²) in [5.74, 6) is 3.44. The lowest BCUT2D eigenvalue weighted by Gasteiger charge is -2.22. The molecule has 4 heteroatoms. The lowest BCUT2D eigenvalue weighted by molar-refractivity contribution is 0.494. The van der Waals surface area contributed by atoms with Gasteiger partial charge in [-0.3, -0.25) is 0 Å². The Balaban J connectivity index is 1.25. The standard InChI is InChI=1S/C43H25N3O/c1-3-10-26(11-4-1)31-24-25-34(33-16-8-7-15-32(31)33)42-44-41(30-12-5-2-6-13-30)45-43(46-42)35-23-22-29-21-20-28-19-18-27-14-9-17-36-37(27)38(28)39(29)40(35)47-36/h1-25H. The minimum absolute atomic E-state index is 0.575. The number of aromatic nitrogens is 3. The molecule has 9 aromatic rings. The van der Waals surface area contributed by atoms with Crippen LogP contribution >= 0.6 is 0 Å². The van der Waals surface area contributed by atoms with Crippen LogP contribution in [-0.4, -0.2) is 15.0 Å². The molecule has 0 bridgehead atoms. The number of rotatable bonds is 4. The predicted octanol–water partition coefficient (Wildman–Crippen LogP) is 11.3. The molecular weight excluding hydrogens is 574 g/mol. The molecule has 0 saturated carbocycles. The van der Waals surface area contributed by atoms with Gasteiger partial charge in [0.25, 0.3) is 0 Å². The summed E-state index contributed by atoms with van der Waals surface area (Å²) in [5, 5.41) is 9.15. The molecule has 10 rings (SSSR count). The molecule has 0 fully saturated rings. The fraction of sp³-hybridized carbons (Fsp3) is 0. The normalized spacial score (nSPS) is 12.0. The molecule has 0 radical (unpaired) electrons. The smallest absolute Gasteiger partial charge is 0.167 e. The van der Waals surface area contributed by atoms with Gasteiger partial charge in [-0.15, -0.1) is 0 Å². The van der Waals surface area contributed by atoms with Crippen LogP contribution in [0.25, 0.3) is 88.4 Å². The molecule has 0 N–H and O–H groups in total. The van der Waals surface area contributed by atoms with Crippen molar-refractivity contribution in [3.8, 4) is 56.8 Å². The number of fused-ring (bicyclic) bond motifs is 1. The highest BCUT2D eigenvalue weighted by atomic mass is 16.5. The van der Waals surface area contributed by atoms with Crippen molar-refractivity contribution in [2.75, 3.05) is 0 Å². The van der Waals surface area contributed by atoms with Gasteiger partial charge in [0.2, 0.25) is 0 Å². The van der Waals surface area contributed by atoms with Crippen LogP contribution in [0.5, 0.6) is 11.5 Å². The second kappa shape index (κ2) is 10.1. The lowest BCUT2D eigenvalue weighted by Crippen LogP contribution is -2.03. The average molecular weight is 600 g/mol. The fourth-order valence-electron chi connectivity index (χ4n) is 7.12. The molecule has 1 aliphatic heterocycles. The summed E-state index contributed by atoms with van der Waals surface area (Å²) in [7, 11) is 0. The maximum absolute atomic E-state index is 6.80. The van der Waals surface area contributed by atoms with Crippen molar-refractivity contribution in [2.45, 2.75) is 0 Å². The summed E-state index contributed by atoms with van der Waals surface area (Å²) in [4.78, 5) is 15.4. The number of ether oxygens (including phenoxy) is 1. The van der Waals surface area contributed by atoms with Gasteiger partial charge in [0.05, 0.1) is 5.56 Å². The summed E-state index contributed by atoms with van der Waals surface area (Å²) in [6, 6.07) is 52.6. The first kappa shape index (κ1) is 25.9. The van der Waals surface area contributed by atoms with E-state index in [1.54, 1.807) is 0 Å². The molecule has 2 heterocycles. The third kappa shape index (κ3) is 3.98. The van der Waals surface area contributed by atoms with E-state index >= 15 is 0 Å². The SMILES string of the molecule is c1ccc(-c2nc(-c3ccc4ccc5ccc6cccc7c6c5c4c3O7)nc(-c3ccc(-c4ccccc4)c4ccccc34)n2)cc1. The van der Waals surface area contributed by atoms with Crippen LogP contribution in [0.3, 0.4) is 0 Å². The van der Waals surface area contributed by atoms with E-state index in [1.807, 2.05) is 36.4 Å². The zero-order valence-corrected chi connectivity index (χ0v) is 25.2. The molecule has 0 aliphatic carbocycles. The van der Waals surface area contributed by atoms with E-state index in [4.69, 9.17) is 19.7 Å². The van der Waals surface area contributed by atoms with E-state index in [2.05, 4.69) is 115 Å². The van der Waals surface area contributed by atoms with Crippen molar-refractivity contribution in [1.29, 1.82) is 0 Å². The topological polar surface area (TPSA) is 47.9 Å². The zero-order valence-electron chi connectivity index (χ0n) is 25.2. The molecule has 218 valence electrons. The van der Waals surface area contributed by atoms with E-state index in [-0.39, 0.29) is 0 Å². The molecule has 4 nitrogen and oxygen atoms in total. The van der Waals surface area contributed by atoms with Gasteiger partial charge in [-0.2, -0.15) is 0 Å². The Morgan fingerprint density at radius 1 is 0.340 bits per heavy atom. The highest BCUT2D eigenvalue weighted by Crippen LogP contribution is 2.50. The number of benzene rings is 8. The summed E-state index contributed by atoms with van der Waals surface area (Å²) < 4.78 is 6.80. The van der Waals surface area contributed by atoms with Crippen molar-refractivity contribution in [1.82, 2.24) is 15.0 Å². The van der Waals surface area contributed by atoms with Crippen LogP contribution in [0.1, 0.15) is 0 Å². The van der Waals surface area contributed by atoms with Gasteiger partial charge in [-0.1, -0.05) is 133 Å². The molecule has 0 unspecified atom stereocenters. The molecule has 47 heavy (non-hydrogen) atoms. The van der Waals surface area contributed by atoms with Gasteiger partial charge in [0, 0.05) is 27.3 Å². The van der Waals surface area contributed by atoms with E-state index in [0.29, 0.717) is 17.5 Å². The summed E-state index contributed by atoms with van der Waals surface area (Å²) >= 11 is 0. The van der Waals surface area contributed by atoms with Gasteiger partial charge in [-0.05, 0) is 56.3 Å². The second-order valence-electron chi connectivity index (χ2n) is 12.0. The first-order valence-electron chi connectivity index (χ1n) is 15.8. The second-order valence-corrected chi connectivity index (χ2v) is 12.0. The van der Waals surface area contributed by atoms with Gasteiger partial charge in [0.1, 0.15) is 11.5 Å². The van der Waals surface area contributed by atoms with E-state index in [9.17, 15) is 0 Å². The lowest BCUT2D eigenvalue weighted by atomic mass is 9.92. The molecule has 0 saturated heterocycles. The van der Waals surface area contributed by atoms with Crippen LogP contribution in [0.2, 0.25) is 0 Å². The Kier molecular flexibility index (Phi) is 5.54. The van der Waals surface area contributed by atoms with Crippen molar-refractivity contribution in [3.05, 3.63) is 152 Å². The van der Waals surface area contributed by atoms with E-state index in [1.165, 1.54) is 21.9 Å². The van der Waals surface area contributed by atoms with E-state index in [0.717, 1.165) is 60.5 Å². The third-order valence-corrected chi connectivity index (χ3v) is 9.29. The molecule has 1 aromatic heterocycles.